The van der Waals surface area contributed by atoms with Gasteiger partial charge in [-0.25, -0.2) is 8.78 Å². The van der Waals surface area contributed by atoms with E-state index >= 15 is 0 Å². The van der Waals surface area contributed by atoms with E-state index in [0.717, 1.165) is 25.0 Å². The second kappa shape index (κ2) is 4.82. The predicted octanol–water partition coefficient (Wildman–Crippen LogP) is 2.09. The van der Waals surface area contributed by atoms with Gasteiger partial charge in [0.1, 0.15) is 11.6 Å². The molecule has 1 amide bonds. The van der Waals surface area contributed by atoms with Crippen LogP contribution in [0, 0.1) is 17.0 Å². The van der Waals surface area contributed by atoms with Crippen LogP contribution in [0.5, 0.6) is 0 Å². The molecule has 1 aromatic rings. The lowest BCUT2D eigenvalue weighted by atomic mass is 10.1. The van der Waals surface area contributed by atoms with Gasteiger partial charge in [0.2, 0.25) is 0 Å². The zero-order chi connectivity index (χ0) is 13.3. The molecule has 98 valence electrons. The summed E-state index contributed by atoms with van der Waals surface area (Å²) in [4.78, 5) is 11.7. The SMILES string of the molecule is NCC1(CNC(=O)c2cc(F)c(Cl)cc2F)CC1. The minimum absolute atomic E-state index is 0.0584. The fraction of sp³-hybridized carbons (Fsp3) is 0.417. The molecule has 0 unspecified atom stereocenters. The van der Waals surface area contributed by atoms with Gasteiger partial charge < -0.3 is 11.1 Å². The van der Waals surface area contributed by atoms with Crippen LogP contribution in [0.3, 0.4) is 0 Å². The third-order valence-corrected chi connectivity index (χ3v) is 3.56. The van der Waals surface area contributed by atoms with Crippen molar-refractivity contribution in [1.82, 2.24) is 5.32 Å². The minimum Gasteiger partial charge on any atom is -0.351 e. The third-order valence-electron chi connectivity index (χ3n) is 3.27. The molecule has 0 atom stereocenters. The molecule has 1 aliphatic rings. The molecule has 3 N–H and O–H groups in total. The standard InChI is InChI=1S/C12H13ClF2N2O/c13-8-4-9(14)7(3-10(8)15)11(18)17-6-12(5-16)1-2-12/h3-4H,1-2,5-6,16H2,(H,17,18). The van der Waals surface area contributed by atoms with E-state index in [9.17, 15) is 13.6 Å². The van der Waals surface area contributed by atoms with Gasteiger partial charge in [-0.15, -0.1) is 0 Å². The molecule has 3 nitrogen and oxygen atoms in total. The number of hydrogen-bond donors (Lipinski definition) is 2. The first kappa shape index (κ1) is 13.2. The number of hydrogen-bond acceptors (Lipinski definition) is 2. The summed E-state index contributed by atoms with van der Waals surface area (Å²) in [6.07, 6.45) is 1.89. The Morgan fingerprint density at radius 1 is 1.39 bits per heavy atom. The number of carbonyl (C=O) groups is 1. The molecule has 1 fully saturated rings. The van der Waals surface area contributed by atoms with Crippen molar-refractivity contribution in [1.29, 1.82) is 0 Å². The van der Waals surface area contributed by atoms with Crippen LogP contribution in [0.4, 0.5) is 8.78 Å². The number of nitrogens with one attached hydrogen (secondary N) is 1. The smallest absolute Gasteiger partial charge is 0.254 e. The largest absolute Gasteiger partial charge is 0.351 e. The summed E-state index contributed by atoms with van der Waals surface area (Å²) in [5.74, 6) is -2.30. The Morgan fingerprint density at radius 3 is 2.61 bits per heavy atom. The van der Waals surface area contributed by atoms with Crippen LogP contribution in [0.2, 0.25) is 5.02 Å². The van der Waals surface area contributed by atoms with E-state index in [1.807, 2.05) is 0 Å². The van der Waals surface area contributed by atoms with E-state index in [1.54, 1.807) is 0 Å². The Morgan fingerprint density at radius 2 is 2.06 bits per heavy atom. The van der Waals surface area contributed by atoms with Crippen LogP contribution in [-0.4, -0.2) is 19.0 Å². The first-order valence-electron chi connectivity index (χ1n) is 5.60. The van der Waals surface area contributed by atoms with Gasteiger partial charge in [0, 0.05) is 12.0 Å². The van der Waals surface area contributed by atoms with E-state index in [-0.39, 0.29) is 16.0 Å². The van der Waals surface area contributed by atoms with Crippen molar-refractivity contribution in [2.24, 2.45) is 11.1 Å². The van der Waals surface area contributed by atoms with Crippen LogP contribution >= 0.6 is 11.6 Å². The maximum atomic E-state index is 13.5. The third kappa shape index (κ3) is 2.62. The predicted molar refractivity (Wildman–Crippen MR) is 64.4 cm³/mol. The highest BCUT2D eigenvalue weighted by Crippen LogP contribution is 2.43. The Labute approximate surface area is 108 Å². The average molecular weight is 275 g/mol. The highest BCUT2D eigenvalue weighted by molar-refractivity contribution is 6.30. The molecule has 18 heavy (non-hydrogen) atoms. The van der Waals surface area contributed by atoms with Crippen LogP contribution in [0.1, 0.15) is 23.2 Å². The number of halogens is 3. The van der Waals surface area contributed by atoms with Gasteiger partial charge in [-0.2, -0.15) is 0 Å². The molecule has 1 aromatic carbocycles. The maximum absolute atomic E-state index is 13.5. The Hall–Kier alpha value is -1.20. The van der Waals surface area contributed by atoms with Crippen molar-refractivity contribution in [2.75, 3.05) is 13.1 Å². The lowest BCUT2D eigenvalue weighted by molar-refractivity contribution is 0.0941. The van der Waals surface area contributed by atoms with Crippen LogP contribution in [0.25, 0.3) is 0 Å². The van der Waals surface area contributed by atoms with E-state index < -0.39 is 17.5 Å². The summed E-state index contributed by atoms with van der Waals surface area (Å²) < 4.78 is 26.6. The van der Waals surface area contributed by atoms with Crippen LogP contribution < -0.4 is 11.1 Å². The number of amides is 1. The van der Waals surface area contributed by atoms with Gasteiger partial charge in [-0.3, -0.25) is 4.79 Å². The molecule has 2 rings (SSSR count). The summed E-state index contributed by atoms with van der Waals surface area (Å²) in [6.45, 7) is 0.858. The number of rotatable bonds is 4. The van der Waals surface area contributed by atoms with Gasteiger partial charge in [0.15, 0.2) is 0 Å². The van der Waals surface area contributed by atoms with Gasteiger partial charge in [-0.05, 0) is 31.5 Å². The van der Waals surface area contributed by atoms with Gasteiger partial charge in [-0.1, -0.05) is 11.6 Å². The molecule has 0 bridgehead atoms. The van der Waals surface area contributed by atoms with Gasteiger partial charge >= 0.3 is 0 Å². The van der Waals surface area contributed by atoms with Crippen molar-refractivity contribution in [3.63, 3.8) is 0 Å². The quantitative estimate of drug-likeness (QED) is 0.826. The molecule has 1 aliphatic carbocycles. The second-order valence-corrected chi connectivity index (χ2v) is 5.04. The maximum Gasteiger partial charge on any atom is 0.254 e. The van der Waals surface area contributed by atoms with Gasteiger partial charge in [0.05, 0.1) is 10.6 Å². The fourth-order valence-electron chi connectivity index (χ4n) is 1.69. The van der Waals surface area contributed by atoms with E-state index in [2.05, 4.69) is 5.32 Å². The summed E-state index contributed by atoms with van der Waals surface area (Å²) in [7, 11) is 0. The van der Waals surface area contributed by atoms with Crippen molar-refractivity contribution >= 4 is 17.5 Å². The lowest BCUT2D eigenvalue weighted by Gasteiger charge is -2.13. The molecular formula is C12H13ClF2N2O. The van der Waals surface area contributed by atoms with Crippen molar-refractivity contribution in [3.05, 3.63) is 34.4 Å². The first-order valence-corrected chi connectivity index (χ1v) is 5.98. The molecule has 0 radical (unpaired) electrons. The van der Waals surface area contributed by atoms with Crippen LogP contribution in [-0.2, 0) is 0 Å². The minimum atomic E-state index is -0.837. The molecule has 0 spiro atoms. The monoisotopic (exact) mass is 274 g/mol. The number of nitrogens with two attached hydrogens (primary N) is 1. The molecule has 0 aromatic heterocycles. The number of carbonyl (C=O) groups excluding carboxylic acids is 1. The average Bonchev–Trinajstić information content (AvgIpc) is 3.11. The zero-order valence-corrected chi connectivity index (χ0v) is 10.4. The zero-order valence-electron chi connectivity index (χ0n) is 9.60. The van der Waals surface area contributed by atoms with Crippen molar-refractivity contribution in [3.8, 4) is 0 Å². The number of benzene rings is 1. The molecule has 0 aliphatic heterocycles. The molecule has 6 heteroatoms. The summed E-state index contributed by atoms with van der Waals surface area (Å²) in [5, 5.41) is 2.23. The summed E-state index contributed by atoms with van der Waals surface area (Å²) in [5.41, 5.74) is 5.16. The van der Waals surface area contributed by atoms with E-state index in [1.165, 1.54) is 0 Å². The fourth-order valence-corrected chi connectivity index (χ4v) is 1.84. The molecule has 1 saturated carbocycles. The molecule has 0 heterocycles. The summed E-state index contributed by atoms with van der Waals surface area (Å²) >= 11 is 5.41. The Bertz CT molecular complexity index is 489. The first-order chi connectivity index (χ1) is 8.47. The Kier molecular flexibility index (Phi) is 3.54. The van der Waals surface area contributed by atoms with Gasteiger partial charge in [0.25, 0.3) is 5.91 Å². The lowest BCUT2D eigenvalue weighted by Crippen LogP contribution is -2.34. The van der Waals surface area contributed by atoms with E-state index in [4.69, 9.17) is 17.3 Å². The van der Waals surface area contributed by atoms with Crippen molar-refractivity contribution in [2.45, 2.75) is 12.8 Å². The molecular weight excluding hydrogens is 262 g/mol. The molecule has 0 saturated heterocycles. The topological polar surface area (TPSA) is 55.1 Å². The Balaban J connectivity index is 2.07. The second-order valence-electron chi connectivity index (χ2n) is 4.63. The highest BCUT2D eigenvalue weighted by Gasteiger charge is 2.41. The van der Waals surface area contributed by atoms with Crippen molar-refractivity contribution < 1.29 is 13.6 Å². The van der Waals surface area contributed by atoms with E-state index in [0.29, 0.717) is 13.1 Å². The highest BCUT2D eigenvalue weighted by atomic mass is 35.5. The van der Waals surface area contributed by atoms with Crippen LogP contribution in [0.15, 0.2) is 12.1 Å². The summed E-state index contributed by atoms with van der Waals surface area (Å²) in [6, 6.07) is 1.59. The normalized spacial score (nSPS) is 16.4.